The van der Waals surface area contributed by atoms with Gasteiger partial charge >= 0.3 is 5.69 Å². The van der Waals surface area contributed by atoms with E-state index in [0.29, 0.717) is 36.7 Å². The van der Waals surface area contributed by atoms with E-state index in [1.54, 1.807) is 24.6 Å². The van der Waals surface area contributed by atoms with Crippen molar-refractivity contribution in [3.8, 4) is 11.6 Å². The molecule has 10 heteroatoms. The molecule has 0 bridgehead atoms. The van der Waals surface area contributed by atoms with E-state index in [0.717, 1.165) is 23.4 Å². The van der Waals surface area contributed by atoms with Gasteiger partial charge in [-0.15, -0.1) is 0 Å². The molecule has 1 aromatic carbocycles. The lowest BCUT2D eigenvalue weighted by Crippen LogP contribution is -2.32. The number of hydrogen-bond donors (Lipinski definition) is 0. The van der Waals surface area contributed by atoms with Crippen molar-refractivity contribution >= 4 is 16.7 Å². The molecule has 3 aromatic heterocycles. The molecule has 4 aromatic rings. The number of nitro groups is 1. The van der Waals surface area contributed by atoms with Gasteiger partial charge in [0.1, 0.15) is 5.82 Å². The van der Waals surface area contributed by atoms with Gasteiger partial charge < -0.3 is 8.83 Å². The first-order valence-corrected chi connectivity index (χ1v) is 9.49. The van der Waals surface area contributed by atoms with Crippen molar-refractivity contribution < 1.29 is 18.1 Å². The van der Waals surface area contributed by atoms with E-state index in [4.69, 9.17) is 8.83 Å². The standard InChI is InChI=1S/C21H15FN4O5/c22-14-6-15-19(27)13(11-31-20(15)17(7-14)26(28)29)10-25-4-3-16-12(9-25)8-23-21(24-16)18-2-1-5-30-18/h1-2,5-8,11H,3-4,9-10H2. The number of nitro benzene ring substituents is 1. The Balaban J connectivity index is 1.42. The minimum absolute atomic E-state index is 0.145. The van der Waals surface area contributed by atoms with E-state index in [1.807, 2.05) is 4.90 Å². The lowest BCUT2D eigenvalue weighted by atomic mass is 10.1. The molecule has 0 unspecified atom stereocenters. The molecule has 0 atom stereocenters. The molecule has 0 saturated heterocycles. The van der Waals surface area contributed by atoms with Gasteiger partial charge in [-0.25, -0.2) is 14.4 Å². The Morgan fingerprint density at radius 2 is 2.16 bits per heavy atom. The normalized spacial score (nSPS) is 14.0. The topological polar surface area (TPSA) is 116 Å². The van der Waals surface area contributed by atoms with Gasteiger partial charge in [0.25, 0.3) is 0 Å². The van der Waals surface area contributed by atoms with Crippen LogP contribution in [0.25, 0.3) is 22.6 Å². The number of fused-ring (bicyclic) bond motifs is 2. The van der Waals surface area contributed by atoms with Gasteiger partial charge in [0.2, 0.25) is 5.58 Å². The average molecular weight is 422 g/mol. The van der Waals surface area contributed by atoms with Crippen LogP contribution < -0.4 is 5.43 Å². The smallest absolute Gasteiger partial charge is 0.315 e. The summed E-state index contributed by atoms with van der Waals surface area (Å²) in [4.78, 5) is 34.2. The van der Waals surface area contributed by atoms with E-state index in [-0.39, 0.29) is 17.5 Å². The molecule has 0 fully saturated rings. The van der Waals surface area contributed by atoms with Crippen LogP contribution in [0.1, 0.15) is 16.8 Å². The molecule has 1 aliphatic rings. The Labute approximate surface area is 173 Å². The number of hydrogen-bond acceptors (Lipinski definition) is 8. The fraction of sp³-hybridized carbons (Fsp3) is 0.190. The minimum atomic E-state index is -0.861. The van der Waals surface area contributed by atoms with Crippen molar-refractivity contribution in [3.63, 3.8) is 0 Å². The molecular formula is C21H15FN4O5. The SMILES string of the molecule is O=c1c(CN2CCc3nc(-c4ccco4)ncc3C2)coc2c([N+](=O)[O-])cc(F)cc12. The molecule has 0 spiro atoms. The van der Waals surface area contributed by atoms with E-state index < -0.39 is 21.9 Å². The quantitative estimate of drug-likeness (QED) is 0.363. The molecule has 0 saturated carbocycles. The van der Waals surface area contributed by atoms with Crippen molar-refractivity contribution in [1.29, 1.82) is 0 Å². The first-order chi connectivity index (χ1) is 15.0. The zero-order valence-corrected chi connectivity index (χ0v) is 16.1. The molecule has 4 heterocycles. The van der Waals surface area contributed by atoms with E-state index >= 15 is 0 Å². The Morgan fingerprint density at radius 3 is 2.94 bits per heavy atom. The first kappa shape index (κ1) is 19.1. The Hall–Kier alpha value is -3.92. The van der Waals surface area contributed by atoms with Crippen LogP contribution in [-0.2, 0) is 19.5 Å². The third-order valence-electron chi connectivity index (χ3n) is 5.23. The molecule has 31 heavy (non-hydrogen) atoms. The number of halogens is 1. The number of non-ortho nitro benzene ring substituents is 1. The van der Waals surface area contributed by atoms with Crippen LogP contribution in [0.5, 0.6) is 0 Å². The third kappa shape index (κ3) is 3.46. The van der Waals surface area contributed by atoms with Gasteiger partial charge in [0.05, 0.1) is 34.6 Å². The summed E-state index contributed by atoms with van der Waals surface area (Å²) < 4.78 is 24.5. The van der Waals surface area contributed by atoms with Crippen molar-refractivity contribution in [1.82, 2.24) is 14.9 Å². The molecular weight excluding hydrogens is 407 g/mol. The summed E-state index contributed by atoms with van der Waals surface area (Å²) in [5.41, 5.74) is 0.857. The fourth-order valence-electron chi connectivity index (χ4n) is 3.75. The highest BCUT2D eigenvalue weighted by Gasteiger charge is 2.23. The molecule has 0 amide bonds. The second-order valence-electron chi connectivity index (χ2n) is 7.25. The van der Waals surface area contributed by atoms with Crippen LogP contribution in [0, 0.1) is 15.9 Å². The van der Waals surface area contributed by atoms with E-state index in [1.165, 1.54) is 6.26 Å². The molecule has 9 nitrogen and oxygen atoms in total. The lowest BCUT2D eigenvalue weighted by Gasteiger charge is -2.27. The summed E-state index contributed by atoms with van der Waals surface area (Å²) in [5, 5.41) is 11.0. The highest BCUT2D eigenvalue weighted by Crippen LogP contribution is 2.26. The van der Waals surface area contributed by atoms with Gasteiger partial charge in [-0.1, -0.05) is 0 Å². The van der Waals surface area contributed by atoms with Crippen molar-refractivity contribution in [2.24, 2.45) is 0 Å². The number of furan rings is 1. The predicted octanol–water partition coefficient (Wildman–Crippen LogP) is 3.45. The number of benzene rings is 1. The summed E-state index contributed by atoms with van der Waals surface area (Å²) in [6.07, 6.45) is 5.18. The lowest BCUT2D eigenvalue weighted by molar-refractivity contribution is -0.383. The maximum atomic E-state index is 13.8. The van der Waals surface area contributed by atoms with Gasteiger partial charge in [0.15, 0.2) is 17.0 Å². The second-order valence-corrected chi connectivity index (χ2v) is 7.25. The zero-order valence-electron chi connectivity index (χ0n) is 16.1. The molecule has 0 N–H and O–H groups in total. The van der Waals surface area contributed by atoms with Gasteiger partial charge in [0, 0.05) is 43.4 Å². The van der Waals surface area contributed by atoms with E-state index in [9.17, 15) is 19.3 Å². The summed E-state index contributed by atoms with van der Waals surface area (Å²) in [6.45, 7) is 1.42. The maximum absolute atomic E-state index is 13.8. The minimum Gasteiger partial charge on any atom is -0.461 e. The van der Waals surface area contributed by atoms with Crippen molar-refractivity contribution in [3.05, 3.63) is 86.0 Å². The Kier molecular flexibility index (Phi) is 4.55. The zero-order chi connectivity index (χ0) is 21.5. The fourth-order valence-corrected chi connectivity index (χ4v) is 3.75. The molecule has 5 rings (SSSR count). The van der Waals surface area contributed by atoms with Crippen molar-refractivity contribution in [2.45, 2.75) is 19.5 Å². The molecule has 0 aliphatic carbocycles. The second kappa shape index (κ2) is 7.40. The van der Waals surface area contributed by atoms with Gasteiger partial charge in [-0.05, 0) is 18.2 Å². The third-order valence-corrected chi connectivity index (χ3v) is 5.23. The van der Waals surface area contributed by atoms with Crippen LogP contribution in [0.2, 0.25) is 0 Å². The van der Waals surface area contributed by atoms with Crippen molar-refractivity contribution in [2.75, 3.05) is 6.54 Å². The summed E-state index contributed by atoms with van der Waals surface area (Å²) in [7, 11) is 0. The first-order valence-electron chi connectivity index (χ1n) is 9.49. The van der Waals surface area contributed by atoms with Crippen LogP contribution in [0.3, 0.4) is 0 Å². The van der Waals surface area contributed by atoms with Crippen LogP contribution in [0.4, 0.5) is 10.1 Å². The monoisotopic (exact) mass is 422 g/mol. The van der Waals surface area contributed by atoms with Gasteiger partial charge in [-0.3, -0.25) is 19.8 Å². The Bertz CT molecular complexity index is 1370. The highest BCUT2D eigenvalue weighted by atomic mass is 19.1. The van der Waals surface area contributed by atoms with Crippen LogP contribution in [-0.4, -0.2) is 26.3 Å². The van der Waals surface area contributed by atoms with Crippen LogP contribution in [0.15, 0.2) is 56.6 Å². The van der Waals surface area contributed by atoms with Crippen LogP contribution >= 0.6 is 0 Å². The summed E-state index contributed by atoms with van der Waals surface area (Å²) in [5.74, 6) is 0.261. The maximum Gasteiger partial charge on any atom is 0.315 e. The highest BCUT2D eigenvalue weighted by molar-refractivity contribution is 5.85. The number of rotatable bonds is 4. The Morgan fingerprint density at radius 1 is 1.29 bits per heavy atom. The number of nitrogens with zero attached hydrogens (tertiary/aromatic N) is 4. The molecule has 1 aliphatic heterocycles. The molecule has 156 valence electrons. The van der Waals surface area contributed by atoms with Gasteiger partial charge in [-0.2, -0.15) is 0 Å². The average Bonchev–Trinajstić information content (AvgIpc) is 3.30. The van der Waals surface area contributed by atoms with E-state index in [2.05, 4.69) is 9.97 Å². The summed E-state index contributed by atoms with van der Waals surface area (Å²) >= 11 is 0. The largest absolute Gasteiger partial charge is 0.461 e. The number of aromatic nitrogens is 2. The predicted molar refractivity (Wildman–Crippen MR) is 107 cm³/mol. The summed E-state index contributed by atoms with van der Waals surface area (Å²) in [6, 6.07) is 5.27. The molecule has 0 radical (unpaired) electrons.